The minimum atomic E-state index is -0.593. The molecule has 8 nitrogen and oxygen atoms in total. The standard InChI is InChI=1S/C20H24FN3O5/c1-20(2,3)28-19(26)24-10-4-5-14(11-24)18(25)27-12-16-22-17(23-29-16)13-6-8-15(21)9-7-13/h6-9,14H,4-5,10-12H2,1-3H3. The van der Waals surface area contributed by atoms with E-state index in [0.717, 1.165) is 0 Å². The van der Waals surface area contributed by atoms with Crippen LogP contribution in [0.25, 0.3) is 11.4 Å². The van der Waals surface area contributed by atoms with Crippen molar-refractivity contribution in [1.82, 2.24) is 15.0 Å². The molecule has 156 valence electrons. The fraction of sp³-hybridized carbons (Fsp3) is 0.500. The van der Waals surface area contributed by atoms with E-state index in [1.807, 2.05) is 0 Å². The Bertz CT molecular complexity index is 860. The topological polar surface area (TPSA) is 94.8 Å². The number of hydrogen-bond acceptors (Lipinski definition) is 7. The van der Waals surface area contributed by atoms with Gasteiger partial charge in [0.05, 0.1) is 5.92 Å². The van der Waals surface area contributed by atoms with Crippen molar-refractivity contribution in [3.63, 3.8) is 0 Å². The van der Waals surface area contributed by atoms with Crippen molar-refractivity contribution in [3.05, 3.63) is 36.0 Å². The zero-order valence-corrected chi connectivity index (χ0v) is 16.7. The molecule has 2 heterocycles. The minimum absolute atomic E-state index is 0.137. The average Bonchev–Trinajstić information content (AvgIpc) is 3.14. The van der Waals surface area contributed by atoms with Crippen LogP contribution in [0.5, 0.6) is 0 Å². The first-order valence-electron chi connectivity index (χ1n) is 9.44. The van der Waals surface area contributed by atoms with Gasteiger partial charge in [0, 0.05) is 18.7 Å². The second kappa shape index (κ2) is 8.59. The zero-order valence-electron chi connectivity index (χ0n) is 16.7. The van der Waals surface area contributed by atoms with Crippen LogP contribution in [0.1, 0.15) is 39.5 Å². The first kappa shape index (κ1) is 20.8. The first-order valence-corrected chi connectivity index (χ1v) is 9.44. The summed E-state index contributed by atoms with van der Waals surface area (Å²) < 4.78 is 28.7. The Balaban J connectivity index is 1.53. The second-order valence-electron chi connectivity index (χ2n) is 7.89. The van der Waals surface area contributed by atoms with Gasteiger partial charge in [-0.1, -0.05) is 5.16 Å². The van der Waals surface area contributed by atoms with Crippen molar-refractivity contribution in [3.8, 4) is 11.4 Å². The van der Waals surface area contributed by atoms with E-state index < -0.39 is 23.6 Å². The quantitative estimate of drug-likeness (QED) is 0.718. The van der Waals surface area contributed by atoms with Crippen LogP contribution in [0.4, 0.5) is 9.18 Å². The van der Waals surface area contributed by atoms with E-state index in [9.17, 15) is 14.0 Å². The third-order valence-electron chi connectivity index (χ3n) is 4.31. The molecule has 2 aromatic rings. The lowest BCUT2D eigenvalue weighted by atomic mass is 9.98. The molecule has 1 atom stereocenters. The summed E-state index contributed by atoms with van der Waals surface area (Å²) in [6, 6.07) is 5.66. The lowest BCUT2D eigenvalue weighted by Crippen LogP contribution is -2.45. The summed E-state index contributed by atoms with van der Waals surface area (Å²) in [6.07, 6.45) is 0.882. The smallest absolute Gasteiger partial charge is 0.410 e. The number of benzene rings is 1. The molecule has 0 spiro atoms. The summed E-state index contributed by atoms with van der Waals surface area (Å²) in [5.41, 5.74) is -0.00179. The van der Waals surface area contributed by atoms with Gasteiger partial charge in [-0.3, -0.25) is 4.79 Å². The molecular weight excluding hydrogens is 381 g/mol. The van der Waals surface area contributed by atoms with E-state index >= 15 is 0 Å². The molecule has 1 unspecified atom stereocenters. The lowest BCUT2D eigenvalue weighted by molar-refractivity contribution is -0.152. The van der Waals surface area contributed by atoms with Crippen LogP contribution < -0.4 is 0 Å². The van der Waals surface area contributed by atoms with Gasteiger partial charge in [0.25, 0.3) is 5.89 Å². The van der Waals surface area contributed by atoms with Gasteiger partial charge >= 0.3 is 12.1 Å². The van der Waals surface area contributed by atoms with Crippen molar-refractivity contribution < 1.29 is 28.0 Å². The number of rotatable bonds is 4. The fourth-order valence-electron chi connectivity index (χ4n) is 2.94. The maximum atomic E-state index is 13.0. The third-order valence-corrected chi connectivity index (χ3v) is 4.31. The molecule has 0 radical (unpaired) electrons. The highest BCUT2D eigenvalue weighted by molar-refractivity contribution is 5.75. The molecule has 0 bridgehead atoms. The Labute approximate surface area is 168 Å². The Hall–Kier alpha value is -2.97. The molecule has 1 saturated heterocycles. The summed E-state index contributed by atoms with van der Waals surface area (Å²) in [5.74, 6) is -0.808. The number of ether oxygens (including phenoxy) is 2. The molecular formula is C20H24FN3O5. The van der Waals surface area contributed by atoms with Crippen molar-refractivity contribution >= 4 is 12.1 Å². The van der Waals surface area contributed by atoms with E-state index in [4.69, 9.17) is 14.0 Å². The number of carbonyl (C=O) groups excluding carboxylic acids is 2. The van der Waals surface area contributed by atoms with Gasteiger partial charge in [0.2, 0.25) is 5.82 Å². The molecule has 1 aromatic heterocycles. The molecule has 29 heavy (non-hydrogen) atoms. The summed E-state index contributed by atoms with van der Waals surface area (Å²) in [5, 5.41) is 3.81. The van der Waals surface area contributed by atoms with Crippen LogP contribution >= 0.6 is 0 Å². The van der Waals surface area contributed by atoms with Crippen molar-refractivity contribution in [2.45, 2.75) is 45.8 Å². The maximum Gasteiger partial charge on any atom is 0.410 e. The summed E-state index contributed by atoms with van der Waals surface area (Å²) in [4.78, 5) is 30.3. The Morgan fingerprint density at radius 3 is 2.69 bits per heavy atom. The summed E-state index contributed by atoms with van der Waals surface area (Å²) in [6.45, 7) is 6.01. The number of carbonyl (C=O) groups is 2. The molecule has 3 rings (SSSR count). The largest absolute Gasteiger partial charge is 0.455 e. The average molecular weight is 405 g/mol. The normalized spacial score (nSPS) is 17.1. The second-order valence-corrected chi connectivity index (χ2v) is 7.89. The van der Waals surface area contributed by atoms with Gasteiger partial charge in [-0.05, 0) is 57.9 Å². The SMILES string of the molecule is CC(C)(C)OC(=O)N1CCCC(C(=O)OCc2nc(-c3ccc(F)cc3)no2)C1. The fourth-order valence-corrected chi connectivity index (χ4v) is 2.94. The lowest BCUT2D eigenvalue weighted by Gasteiger charge is -2.33. The highest BCUT2D eigenvalue weighted by Crippen LogP contribution is 2.21. The molecule has 0 aliphatic carbocycles. The predicted octanol–water partition coefficient (Wildman–Crippen LogP) is 3.57. The van der Waals surface area contributed by atoms with E-state index in [0.29, 0.717) is 24.9 Å². The van der Waals surface area contributed by atoms with Gasteiger partial charge in [-0.2, -0.15) is 4.98 Å². The molecule has 9 heteroatoms. The van der Waals surface area contributed by atoms with Crippen molar-refractivity contribution in [2.75, 3.05) is 13.1 Å². The van der Waals surface area contributed by atoms with Gasteiger partial charge in [-0.15, -0.1) is 0 Å². The molecule has 0 N–H and O–H groups in total. The Morgan fingerprint density at radius 2 is 2.00 bits per heavy atom. The molecule has 1 aliphatic rings. The highest BCUT2D eigenvalue weighted by Gasteiger charge is 2.32. The van der Waals surface area contributed by atoms with Gasteiger partial charge in [0.1, 0.15) is 11.4 Å². The van der Waals surface area contributed by atoms with E-state index in [2.05, 4.69) is 10.1 Å². The molecule has 0 saturated carbocycles. The van der Waals surface area contributed by atoms with Gasteiger partial charge in [0.15, 0.2) is 6.61 Å². The number of esters is 1. The van der Waals surface area contributed by atoms with Gasteiger partial charge in [-0.25, -0.2) is 9.18 Å². The van der Waals surface area contributed by atoms with Crippen molar-refractivity contribution in [2.24, 2.45) is 5.92 Å². The third kappa shape index (κ3) is 5.75. The number of nitrogens with zero attached hydrogens (tertiary/aromatic N) is 3. The molecule has 1 aromatic carbocycles. The Morgan fingerprint density at radius 1 is 1.28 bits per heavy atom. The number of amides is 1. The molecule has 1 amide bonds. The van der Waals surface area contributed by atoms with Crippen LogP contribution in [0.2, 0.25) is 0 Å². The molecule has 1 fully saturated rings. The zero-order chi connectivity index (χ0) is 21.0. The number of halogens is 1. The summed E-state index contributed by atoms with van der Waals surface area (Å²) >= 11 is 0. The summed E-state index contributed by atoms with van der Waals surface area (Å²) in [7, 11) is 0. The molecule has 1 aliphatic heterocycles. The number of hydrogen-bond donors (Lipinski definition) is 0. The number of piperidine rings is 1. The van der Waals surface area contributed by atoms with Crippen LogP contribution in [0, 0.1) is 11.7 Å². The highest BCUT2D eigenvalue weighted by atomic mass is 19.1. The van der Waals surface area contributed by atoms with Crippen LogP contribution in [-0.4, -0.2) is 45.8 Å². The monoisotopic (exact) mass is 405 g/mol. The van der Waals surface area contributed by atoms with Crippen molar-refractivity contribution in [1.29, 1.82) is 0 Å². The van der Waals surface area contributed by atoms with Gasteiger partial charge < -0.3 is 18.9 Å². The van der Waals surface area contributed by atoms with E-state index in [-0.39, 0.29) is 30.7 Å². The first-order chi connectivity index (χ1) is 13.7. The van der Waals surface area contributed by atoms with Crippen LogP contribution in [0.3, 0.4) is 0 Å². The van der Waals surface area contributed by atoms with E-state index in [1.165, 1.54) is 29.2 Å². The predicted molar refractivity (Wildman–Crippen MR) is 100 cm³/mol. The maximum absolute atomic E-state index is 13.0. The minimum Gasteiger partial charge on any atom is -0.455 e. The number of likely N-dealkylation sites (tertiary alicyclic amines) is 1. The van der Waals surface area contributed by atoms with Crippen LogP contribution in [-0.2, 0) is 20.9 Å². The van der Waals surface area contributed by atoms with Crippen LogP contribution in [0.15, 0.2) is 28.8 Å². The number of aromatic nitrogens is 2. The Kier molecular flexibility index (Phi) is 6.14. The van der Waals surface area contributed by atoms with E-state index in [1.54, 1.807) is 20.8 Å².